The summed E-state index contributed by atoms with van der Waals surface area (Å²) in [5.74, 6) is 0.540. The molecule has 4 nitrogen and oxygen atoms in total. The van der Waals surface area contributed by atoms with Crippen molar-refractivity contribution in [2.75, 3.05) is 19.7 Å². The highest BCUT2D eigenvalue weighted by Crippen LogP contribution is 2.31. The molecule has 0 radical (unpaired) electrons. The Kier molecular flexibility index (Phi) is 3.10. The van der Waals surface area contributed by atoms with Gasteiger partial charge >= 0.3 is 0 Å². The second-order valence-electron chi connectivity index (χ2n) is 4.25. The molecule has 1 fully saturated rings. The summed E-state index contributed by atoms with van der Waals surface area (Å²) in [6.45, 7) is 1.54. The van der Waals surface area contributed by atoms with E-state index in [1.165, 1.54) is 5.56 Å². The van der Waals surface area contributed by atoms with Gasteiger partial charge in [-0.3, -0.25) is 5.41 Å². The van der Waals surface area contributed by atoms with E-state index >= 15 is 0 Å². The van der Waals surface area contributed by atoms with Crippen LogP contribution in [0.5, 0.6) is 0 Å². The Hall–Kier alpha value is -1.55. The summed E-state index contributed by atoms with van der Waals surface area (Å²) in [6.07, 6.45) is 0. The third-order valence-electron chi connectivity index (χ3n) is 3.24. The first-order valence-electron chi connectivity index (χ1n) is 5.47. The molecule has 1 aromatic carbocycles. The second-order valence-corrected chi connectivity index (χ2v) is 4.25. The molecule has 16 heavy (non-hydrogen) atoms. The van der Waals surface area contributed by atoms with E-state index in [1.54, 1.807) is 0 Å². The lowest BCUT2D eigenvalue weighted by molar-refractivity contribution is 0.222. The van der Waals surface area contributed by atoms with Crippen molar-refractivity contribution in [3.05, 3.63) is 35.9 Å². The van der Waals surface area contributed by atoms with Gasteiger partial charge in [-0.25, -0.2) is 0 Å². The SMILES string of the molecule is N=C(N)N1C[C@H](CO)[C@@H](c2ccccc2)C1. The molecule has 0 amide bonds. The maximum absolute atomic E-state index is 9.36. The number of aliphatic hydroxyl groups excluding tert-OH is 1. The summed E-state index contributed by atoms with van der Waals surface area (Å²) >= 11 is 0. The van der Waals surface area contributed by atoms with Crippen LogP contribution in [0.15, 0.2) is 30.3 Å². The Labute approximate surface area is 95.2 Å². The predicted molar refractivity (Wildman–Crippen MR) is 63.2 cm³/mol. The normalized spacial score (nSPS) is 24.7. The lowest BCUT2D eigenvalue weighted by Gasteiger charge is -2.16. The Morgan fingerprint density at radius 3 is 2.62 bits per heavy atom. The zero-order valence-corrected chi connectivity index (χ0v) is 9.13. The zero-order valence-electron chi connectivity index (χ0n) is 9.13. The largest absolute Gasteiger partial charge is 0.396 e. The zero-order chi connectivity index (χ0) is 11.5. The summed E-state index contributed by atoms with van der Waals surface area (Å²) in [5, 5.41) is 16.8. The van der Waals surface area contributed by atoms with Crippen molar-refractivity contribution >= 4 is 5.96 Å². The van der Waals surface area contributed by atoms with Crippen LogP contribution in [0.25, 0.3) is 0 Å². The van der Waals surface area contributed by atoms with Crippen molar-refractivity contribution in [3.63, 3.8) is 0 Å². The van der Waals surface area contributed by atoms with Gasteiger partial charge in [-0.2, -0.15) is 0 Å². The van der Waals surface area contributed by atoms with E-state index in [1.807, 2.05) is 23.1 Å². The average Bonchev–Trinajstić information content (AvgIpc) is 2.74. The van der Waals surface area contributed by atoms with Gasteiger partial charge in [0, 0.05) is 31.5 Å². The molecule has 1 aliphatic heterocycles. The molecule has 0 unspecified atom stereocenters. The molecule has 2 rings (SSSR count). The molecule has 0 aliphatic carbocycles. The van der Waals surface area contributed by atoms with Gasteiger partial charge in [0.05, 0.1) is 0 Å². The fourth-order valence-corrected chi connectivity index (χ4v) is 2.33. The monoisotopic (exact) mass is 219 g/mol. The minimum Gasteiger partial charge on any atom is -0.396 e. The summed E-state index contributed by atoms with van der Waals surface area (Å²) in [7, 11) is 0. The highest BCUT2D eigenvalue weighted by atomic mass is 16.3. The number of rotatable bonds is 2. The van der Waals surface area contributed by atoms with Crippen LogP contribution in [-0.4, -0.2) is 35.7 Å². The van der Waals surface area contributed by atoms with Crippen LogP contribution in [0.1, 0.15) is 11.5 Å². The van der Waals surface area contributed by atoms with Crippen molar-refractivity contribution < 1.29 is 5.11 Å². The van der Waals surface area contributed by atoms with E-state index in [0.717, 1.165) is 6.54 Å². The predicted octanol–water partition coefficient (Wildman–Crippen LogP) is 0.588. The van der Waals surface area contributed by atoms with Gasteiger partial charge in [0.1, 0.15) is 0 Å². The van der Waals surface area contributed by atoms with E-state index in [0.29, 0.717) is 6.54 Å². The summed E-state index contributed by atoms with van der Waals surface area (Å²) in [4.78, 5) is 1.82. The summed E-state index contributed by atoms with van der Waals surface area (Å²) < 4.78 is 0. The number of guanidine groups is 1. The number of nitrogens with zero attached hydrogens (tertiary/aromatic N) is 1. The van der Waals surface area contributed by atoms with Crippen LogP contribution in [0, 0.1) is 11.3 Å². The van der Waals surface area contributed by atoms with Crippen LogP contribution in [0.4, 0.5) is 0 Å². The number of hydrogen-bond acceptors (Lipinski definition) is 2. The summed E-state index contributed by atoms with van der Waals surface area (Å²) in [5.41, 5.74) is 6.70. The van der Waals surface area contributed by atoms with Gasteiger partial charge in [0.25, 0.3) is 0 Å². The number of benzene rings is 1. The van der Waals surface area contributed by atoms with Crippen molar-refractivity contribution in [3.8, 4) is 0 Å². The Bertz CT molecular complexity index is 366. The Morgan fingerprint density at radius 2 is 2.06 bits per heavy atom. The first kappa shape index (κ1) is 11.0. The molecule has 0 spiro atoms. The minimum absolute atomic E-state index is 0.0943. The molecule has 2 atom stereocenters. The lowest BCUT2D eigenvalue weighted by atomic mass is 9.90. The smallest absolute Gasteiger partial charge is 0.188 e. The van der Waals surface area contributed by atoms with E-state index in [2.05, 4.69) is 12.1 Å². The molecule has 0 aromatic heterocycles. The number of likely N-dealkylation sites (tertiary alicyclic amines) is 1. The summed E-state index contributed by atoms with van der Waals surface area (Å²) in [6, 6.07) is 10.1. The number of hydrogen-bond donors (Lipinski definition) is 3. The van der Waals surface area contributed by atoms with Gasteiger partial charge in [-0.15, -0.1) is 0 Å². The highest BCUT2D eigenvalue weighted by molar-refractivity contribution is 5.75. The Balaban J connectivity index is 2.18. The highest BCUT2D eigenvalue weighted by Gasteiger charge is 2.33. The average molecular weight is 219 g/mol. The van der Waals surface area contributed by atoms with Gasteiger partial charge < -0.3 is 15.7 Å². The number of nitrogens with two attached hydrogens (primary N) is 1. The fourth-order valence-electron chi connectivity index (χ4n) is 2.33. The molecule has 1 heterocycles. The standard InChI is InChI=1S/C12H17N3O/c13-12(14)15-6-10(8-16)11(7-15)9-4-2-1-3-5-9/h1-5,10-11,16H,6-8H2,(H3,13,14)/t10-,11-/m1/s1. The third kappa shape index (κ3) is 2.02. The molecule has 0 saturated carbocycles. The molecule has 4 heteroatoms. The van der Waals surface area contributed by atoms with Gasteiger partial charge in [-0.1, -0.05) is 30.3 Å². The molecule has 0 bridgehead atoms. The fraction of sp³-hybridized carbons (Fsp3) is 0.417. The number of nitrogens with one attached hydrogen (secondary N) is 1. The molecule has 1 saturated heterocycles. The first-order chi connectivity index (χ1) is 7.72. The first-order valence-corrected chi connectivity index (χ1v) is 5.47. The van der Waals surface area contributed by atoms with Crippen molar-refractivity contribution in [1.82, 2.24) is 4.90 Å². The van der Waals surface area contributed by atoms with Crippen molar-refractivity contribution in [1.29, 1.82) is 5.41 Å². The van der Waals surface area contributed by atoms with Crippen molar-refractivity contribution in [2.24, 2.45) is 11.7 Å². The maximum Gasteiger partial charge on any atom is 0.188 e. The van der Waals surface area contributed by atoms with Gasteiger partial charge in [0.15, 0.2) is 5.96 Å². The van der Waals surface area contributed by atoms with Crippen LogP contribution in [-0.2, 0) is 0 Å². The van der Waals surface area contributed by atoms with Crippen LogP contribution < -0.4 is 5.73 Å². The van der Waals surface area contributed by atoms with E-state index in [-0.39, 0.29) is 24.4 Å². The molecule has 86 valence electrons. The third-order valence-corrected chi connectivity index (χ3v) is 3.24. The topological polar surface area (TPSA) is 73.3 Å². The van der Waals surface area contributed by atoms with Gasteiger partial charge in [-0.05, 0) is 5.56 Å². The van der Waals surface area contributed by atoms with E-state index < -0.39 is 0 Å². The second kappa shape index (κ2) is 4.53. The number of aliphatic hydroxyl groups is 1. The minimum atomic E-state index is 0.0943. The molecule has 4 N–H and O–H groups in total. The van der Waals surface area contributed by atoms with Crippen LogP contribution in [0.3, 0.4) is 0 Å². The molecular formula is C12H17N3O. The molecule has 1 aromatic rings. The molecule has 1 aliphatic rings. The van der Waals surface area contributed by atoms with E-state index in [9.17, 15) is 5.11 Å². The van der Waals surface area contributed by atoms with Crippen molar-refractivity contribution in [2.45, 2.75) is 5.92 Å². The maximum atomic E-state index is 9.36. The van der Waals surface area contributed by atoms with Crippen LogP contribution >= 0.6 is 0 Å². The quantitative estimate of drug-likeness (QED) is 0.503. The van der Waals surface area contributed by atoms with E-state index in [4.69, 9.17) is 11.1 Å². The van der Waals surface area contributed by atoms with Gasteiger partial charge in [0.2, 0.25) is 0 Å². The lowest BCUT2D eigenvalue weighted by Crippen LogP contribution is -2.34. The van der Waals surface area contributed by atoms with Crippen LogP contribution in [0.2, 0.25) is 0 Å². The Morgan fingerprint density at radius 1 is 1.38 bits per heavy atom. The molecular weight excluding hydrogens is 202 g/mol.